The van der Waals surface area contributed by atoms with Gasteiger partial charge in [0.1, 0.15) is 17.2 Å². The molecule has 3 aromatic carbocycles. The molecule has 68 heavy (non-hydrogen) atoms. The third-order valence-corrected chi connectivity index (χ3v) is 17.3. The number of aromatic hydroxyl groups is 1. The maximum Gasteiger partial charge on any atom is 0.122 e. The van der Waals surface area contributed by atoms with Gasteiger partial charge in [0.2, 0.25) is 0 Å². The van der Waals surface area contributed by atoms with Gasteiger partial charge in [-0.15, -0.1) is 34.0 Å². The predicted molar refractivity (Wildman–Crippen MR) is 291 cm³/mol. The van der Waals surface area contributed by atoms with Crippen LogP contribution in [0.4, 0.5) is 0 Å². The minimum atomic E-state index is 0.483. The summed E-state index contributed by atoms with van der Waals surface area (Å²) in [4.78, 5) is 12.5. The van der Waals surface area contributed by atoms with Crippen LogP contribution in [-0.4, -0.2) is 91.4 Å². The number of phenolic OH excluding ortho intramolecular Hbond substituents is 1. The van der Waals surface area contributed by atoms with Crippen molar-refractivity contribution in [1.82, 2.24) is 14.7 Å². The summed E-state index contributed by atoms with van der Waals surface area (Å²) in [6.45, 7) is 13.8. The van der Waals surface area contributed by atoms with E-state index < -0.39 is 0 Å². The number of hydrogen-bond acceptors (Lipinski definition) is 9. The maximum absolute atomic E-state index is 10.1. The Kier molecular flexibility index (Phi) is 20.9. The van der Waals surface area contributed by atoms with Crippen LogP contribution in [0.3, 0.4) is 0 Å². The van der Waals surface area contributed by atoms with Crippen molar-refractivity contribution >= 4 is 34.0 Å². The zero-order valence-corrected chi connectivity index (χ0v) is 44.3. The lowest BCUT2D eigenvalue weighted by atomic mass is 9.86. The highest BCUT2D eigenvalue weighted by atomic mass is 32.1. The van der Waals surface area contributed by atoms with Crippen molar-refractivity contribution in [3.63, 3.8) is 0 Å². The number of aryl methyl sites for hydroxylation is 3. The van der Waals surface area contributed by atoms with E-state index in [4.69, 9.17) is 9.47 Å². The third kappa shape index (κ3) is 14.6. The highest BCUT2D eigenvalue weighted by Gasteiger charge is 2.28. The number of benzene rings is 3. The van der Waals surface area contributed by atoms with E-state index >= 15 is 0 Å². The van der Waals surface area contributed by atoms with Crippen LogP contribution in [0.1, 0.15) is 107 Å². The molecule has 1 unspecified atom stereocenters. The first kappa shape index (κ1) is 51.9. The smallest absolute Gasteiger partial charge is 0.122 e. The minimum Gasteiger partial charge on any atom is -0.508 e. The summed E-state index contributed by atoms with van der Waals surface area (Å²) < 4.78 is 11.2. The lowest BCUT2D eigenvalue weighted by Gasteiger charge is -2.35. The molecule has 1 N–H and O–H groups in total. The van der Waals surface area contributed by atoms with Crippen LogP contribution in [0.15, 0.2) is 107 Å². The molecule has 0 aliphatic heterocycles. The average molecular weight is 974 g/mol. The van der Waals surface area contributed by atoms with Crippen LogP contribution in [-0.2, 0) is 57.8 Å². The van der Waals surface area contributed by atoms with E-state index in [1.807, 2.05) is 46.1 Å². The van der Waals surface area contributed by atoms with Crippen molar-refractivity contribution in [1.29, 1.82) is 0 Å². The van der Waals surface area contributed by atoms with E-state index in [0.29, 0.717) is 23.9 Å². The SMILES string of the molecule is CCCN(CCc1cccs1)C1CCc2cccc(OC)c2C1.CCCN(CCc1cccs1)[C@@H]1CCc2cccc(OC)c2C1.CCCN(CCc1cccs1)[C@H]1CCc2cccc(O)c2C1. The molecule has 9 rings (SSSR count). The van der Waals surface area contributed by atoms with Gasteiger partial charge in [-0.1, -0.05) is 75.4 Å². The summed E-state index contributed by atoms with van der Waals surface area (Å²) >= 11 is 5.61. The molecule has 0 spiro atoms. The Morgan fingerprint density at radius 2 is 0.809 bits per heavy atom. The van der Waals surface area contributed by atoms with Crippen LogP contribution in [0.5, 0.6) is 17.2 Å². The first-order valence-corrected chi connectivity index (χ1v) is 28.4. The molecule has 3 aliphatic carbocycles. The number of hydrogen-bond donors (Lipinski definition) is 1. The molecule has 0 amide bonds. The topological polar surface area (TPSA) is 48.4 Å². The molecule has 9 heteroatoms. The summed E-state index contributed by atoms with van der Waals surface area (Å²) in [6.07, 6.45) is 17.6. The molecule has 3 aliphatic rings. The highest BCUT2D eigenvalue weighted by Crippen LogP contribution is 2.34. The number of thiophene rings is 3. The third-order valence-electron chi connectivity index (χ3n) is 14.5. The largest absolute Gasteiger partial charge is 0.508 e. The van der Waals surface area contributed by atoms with Gasteiger partial charge >= 0.3 is 0 Å². The normalized spacial score (nSPS) is 17.4. The summed E-state index contributed by atoms with van der Waals surface area (Å²) in [5.74, 6) is 2.63. The Labute approximate surface area is 422 Å². The first-order valence-electron chi connectivity index (χ1n) is 25.8. The second-order valence-electron chi connectivity index (χ2n) is 18.9. The summed E-state index contributed by atoms with van der Waals surface area (Å²) in [5, 5.41) is 16.7. The number of ether oxygens (including phenoxy) is 2. The van der Waals surface area contributed by atoms with Gasteiger partial charge in [0.15, 0.2) is 0 Å². The van der Waals surface area contributed by atoms with Crippen LogP contribution >= 0.6 is 34.0 Å². The second-order valence-corrected chi connectivity index (χ2v) is 22.0. The molecule has 0 saturated carbocycles. The van der Waals surface area contributed by atoms with Crippen molar-refractivity contribution in [2.45, 2.75) is 135 Å². The van der Waals surface area contributed by atoms with E-state index in [9.17, 15) is 5.11 Å². The van der Waals surface area contributed by atoms with Gasteiger partial charge < -0.3 is 14.6 Å². The van der Waals surface area contributed by atoms with E-state index in [1.54, 1.807) is 14.2 Å². The minimum absolute atomic E-state index is 0.483. The molecule has 0 saturated heterocycles. The van der Waals surface area contributed by atoms with E-state index in [1.165, 1.54) is 138 Å². The average Bonchev–Trinajstić information content (AvgIpc) is 4.22. The monoisotopic (exact) mass is 974 g/mol. The van der Waals surface area contributed by atoms with Crippen molar-refractivity contribution in [3.05, 3.63) is 155 Å². The number of phenols is 1. The molecular weight excluding hydrogens is 895 g/mol. The van der Waals surface area contributed by atoms with Crippen molar-refractivity contribution in [2.24, 2.45) is 0 Å². The maximum atomic E-state index is 10.1. The predicted octanol–water partition coefficient (Wildman–Crippen LogP) is 13.4. The lowest BCUT2D eigenvalue weighted by Crippen LogP contribution is -2.41. The van der Waals surface area contributed by atoms with Crippen molar-refractivity contribution in [2.75, 3.05) is 53.5 Å². The first-order chi connectivity index (χ1) is 33.4. The summed E-state index contributed by atoms with van der Waals surface area (Å²) in [6, 6.07) is 34.0. The number of methoxy groups -OCH3 is 2. The van der Waals surface area contributed by atoms with Gasteiger partial charge in [-0.25, -0.2) is 0 Å². The number of fused-ring (bicyclic) bond motifs is 3. The van der Waals surface area contributed by atoms with Crippen LogP contribution < -0.4 is 9.47 Å². The Morgan fingerprint density at radius 3 is 1.15 bits per heavy atom. The molecule has 3 atom stereocenters. The van der Waals surface area contributed by atoms with Crippen LogP contribution in [0.25, 0.3) is 0 Å². The van der Waals surface area contributed by atoms with Gasteiger partial charge in [-0.05, 0) is 202 Å². The lowest BCUT2D eigenvalue weighted by molar-refractivity contribution is 0.181. The number of rotatable bonds is 20. The fourth-order valence-electron chi connectivity index (χ4n) is 11.0. The molecule has 6 nitrogen and oxygen atoms in total. The molecule has 3 heterocycles. The Bertz CT molecular complexity index is 2190. The fraction of sp³-hybridized carbons (Fsp3) is 0.492. The standard InChI is InChI=1S/2C20H27NOS.C19H25NOS/c2*1-3-12-21(13-11-18-7-5-14-23-18)17-10-9-16-6-4-8-20(22-2)19(16)15-17;1-2-11-20(12-10-17-6-4-13-22-17)16-9-8-15-5-3-7-19(21)18(15)14-16/h2*4-8,14,17H,3,9-13,15H2,1-2H3;3-7,13,16,21H,2,8-12,14H2,1H3/t17-;;16-/m1.0/s1. The quantitative estimate of drug-likeness (QED) is 0.0823. The Balaban J connectivity index is 0.000000151. The van der Waals surface area contributed by atoms with E-state index in [0.717, 1.165) is 56.7 Å². The van der Waals surface area contributed by atoms with Crippen LogP contribution in [0, 0.1) is 0 Å². The van der Waals surface area contributed by atoms with Crippen molar-refractivity contribution in [3.8, 4) is 17.2 Å². The zero-order valence-electron chi connectivity index (χ0n) is 41.8. The highest BCUT2D eigenvalue weighted by molar-refractivity contribution is 7.10. The molecule has 6 aromatic rings. The van der Waals surface area contributed by atoms with Crippen LogP contribution in [0.2, 0.25) is 0 Å². The molecule has 3 aromatic heterocycles. The summed E-state index contributed by atoms with van der Waals surface area (Å²) in [5.41, 5.74) is 8.35. The molecule has 0 bridgehead atoms. The number of nitrogens with zero attached hydrogens (tertiary/aromatic N) is 3. The second kappa shape index (κ2) is 27.4. The molecule has 0 radical (unpaired) electrons. The molecular formula is C59H79N3O3S3. The van der Waals surface area contributed by atoms with Gasteiger partial charge in [-0.2, -0.15) is 0 Å². The van der Waals surface area contributed by atoms with E-state index in [2.05, 4.69) is 130 Å². The zero-order chi connectivity index (χ0) is 47.5. The van der Waals surface area contributed by atoms with E-state index in [-0.39, 0.29) is 0 Å². The molecule has 0 fully saturated rings. The Morgan fingerprint density at radius 1 is 0.456 bits per heavy atom. The molecule has 366 valence electrons. The van der Waals surface area contributed by atoms with Gasteiger partial charge in [0, 0.05) is 52.4 Å². The van der Waals surface area contributed by atoms with Gasteiger partial charge in [-0.3, -0.25) is 14.7 Å². The Hall–Kier alpha value is -3.96. The fourth-order valence-corrected chi connectivity index (χ4v) is 13.1. The van der Waals surface area contributed by atoms with Gasteiger partial charge in [0.25, 0.3) is 0 Å². The van der Waals surface area contributed by atoms with Gasteiger partial charge in [0.05, 0.1) is 14.2 Å². The van der Waals surface area contributed by atoms with Crippen molar-refractivity contribution < 1.29 is 14.6 Å². The summed E-state index contributed by atoms with van der Waals surface area (Å²) in [7, 11) is 3.58.